The van der Waals surface area contributed by atoms with Gasteiger partial charge in [0.25, 0.3) is 0 Å². The number of benzene rings is 3. The standard InChI is InChI=1S/C28H16N4/c1-2-7-24-18(4-1)19-5-3-6-20-21-14-17(8-9-25(21)32(24)28(19)20)31-26-10-12-29-15-22(26)23-16-30-13-11-27(23)31/h1-16H. The van der Waals surface area contributed by atoms with Crippen LogP contribution in [0.2, 0.25) is 0 Å². The van der Waals surface area contributed by atoms with Crippen molar-refractivity contribution >= 4 is 59.9 Å². The van der Waals surface area contributed by atoms with Crippen LogP contribution in [0.1, 0.15) is 0 Å². The zero-order chi connectivity index (χ0) is 20.8. The van der Waals surface area contributed by atoms with Gasteiger partial charge in [-0.2, -0.15) is 0 Å². The highest BCUT2D eigenvalue weighted by molar-refractivity contribution is 6.23. The van der Waals surface area contributed by atoms with E-state index in [1.807, 2.05) is 24.8 Å². The van der Waals surface area contributed by atoms with E-state index >= 15 is 0 Å². The maximum absolute atomic E-state index is 4.36. The van der Waals surface area contributed by atoms with Crippen LogP contribution < -0.4 is 0 Å². The van der Waals surface area contributed by atoms with Crippen molar-refractivity contribution in [3.05, 3.63) is 97.6 Å². The third-order valence-electron chi connectivity index (χ3n) is 6.83. The summed E-state index contributed by atoms with van der Waals surface area (Å²) >= 11 is 0. The van der Waals surface area contributed by atoms with Gasteiger partial charge in [-0.1, -0.05) is 36.4 Å². The molecule has 8 aromatic rings. The third-order valence-corrected chi connectivity index (χ3v) is 6.83. The van der Waals surface area contributed by atoms with Crippen LogP contribution in [0.4, 0.5) is 0 Å². The van der Waals surface area contributed by atoms with E-state index in [2.05, 4.69) is 91.7 Å². The van der Waals surface area contributed by atoms with Crippen molar-refractivity contribution < 1.29 is 0 Å². The Morgan fingerprint density at radius 2 is 1.16 bits per heavy atom. The maximum atomic E-state index is 4.36. The number of rotatable bonds is 1. The summed E-state index contributed by atoms with van der Waals surface area (Å²) in [5.41, 5.74) is 7.24. The summed E-state index contributed by atoms with van der Waals surface area (Å²) in [5.74, 6) is 0. The molecule has 0 saturated heterocycles. The van der Waals surface area contributed by atoms with Gasteiger partial charge in [0.05, 0.1) is 27.6 Å². The van der Waals surface area contributed by atoms with E-state index in [9.17, 15) is 0 Å². The SMILES string of the molecule is c1ccc2c(c1)c1cccc3c4cc(-n5c6ccncc6c6cnccc65)ccc4n2c13. The smallest absolute Gasteiger partial charge is 0.0620 e. The number of fused-ring (bicyclic) bond motifs is 9. The monoisotopic (exact) mass is 408 g/mol. The lowest BCUT2D eigenvalue weighted by molar-refractivity contribution is 1.17. The minimum Gasteiger partial charge on any atom is -0.309 e. The lowest BCUT2D eigenvalue weighted by atomic mass is 10.1. The van der Waals surface area contributed by atoms with Gasteiger partial charge in [0.2, 0.25) is 0 Å². The Bertz CT molecular complexity index is 1940. The number of pyridine rings is 2. The van der Waals surface area contributed by atoms with E-state index < -0.39 is 0 Å². The topological polar surface area (TPSA) is 35.1 Å². The molecule has 0 fully saturated rings. The number of nitrogens with zero attached hydrogens (tertiary/aromatic N) is 4. The van der Waals surface area contributed by atoms with Crippen molar-refractivity contribution in [2.24, 2.45) is 0 Å². The van der Waals surface area contributed by atoms with E-state index in [1.165, 1.54) is 38.1 Å². The van der Waals surface area contributed by atoms with Gasteiger partial charge >= 0.3 is 0 Å². The fraction of sp³-hybridized carbons (Fsp3) is 0. The maximum Gasteiger partial charge on any atom is 0.0620 e. The Labute approximate surface area is 182 Å². The lowest BCUT2D eigenvalue weighted by Crippen LogP contribution is -1.94. The molecule has 148 valence electrons. The molecule has 0 radical (unpaired) electrons. The number of aromatic nitrogens is 4. The first-order valence-electron chi connectivity index (χ1n) is 10.8. The molecular formula is C28H16N4. The molecular weight excluding hydrogens is 392 g/mol. The average Bonchev–Trinajstić information content (AvgIpc) is 3.49. The van der Waals surface area contributed by atoms with Crippen molar-refractivity contribution in [1.82, 2.24) is 18.9 Å². The molecule has 0 bridgehead atoms. The molecule has 32 heavy (non-hydrogen) atoms. The Kier molecular flexibility index (Phi) is 2.86. The summed E-state index contributed by atoms with van der Waals surface area (Å²) in [6.45, 7) is 0. The van der Waals surface area contributed by atoms with Crippen LogP contribution >= 0.6 is 0 Å². The van der Waals surface area contributed by atoms with E-state index in [-0.39, 0.29) is 0 Å². The molecule has 0 unspecified atom stereocenters. The first kappa shape index (κ1) is 16.3. The van der Waals surface area contributed by atoms with E-state index in [0.717, 1.165) is 27.5 Å². The summed E-state index contributed by atoms with van der Waals surface area (Å²) in [6, 6.07) is 26.3. The van der Waals surface area contributed by atoms with Gasteiger partial charge < -0.3 is 8.97 Å². The van der Waals surface area contributed by atoms with Crippen LogP contribution in [-0.2, 0) is 0 Å². The van der Waals surface area contributed by atoms with Crippen LogP contribution in [0, 0.1) is 0 Å². The van der Waals surface area contributed by atoms with E-state index in [1.54, 1.807) is 0 Å². The van der Waals surface area contributed by atoms with Gasteiger partial charge in [-0.15, -0.1) is 0 Å². The summed E-state index contributed by atoms with van der Waals surface area (Å²) in [4.78, 5) is 8.72. The predicted molar refractivity (Wildman–Crippen MR) is 131 cm³/mol. The minimum absolute atomic E-state index is 1.12. The first-order chi connectivity index (χ1) is 15.9. The average molecular weight is 408 g/mol. The number of hydrogen-bond donors (Lipinski definition) is 0. The zero-order valence-electron chi connectivity index (χ0n) is 17.0. The fourth-order valence-corrected chi connectivity index (χ4v) is 5.55. The summed E-state index contributed by atoms with van der Waals surface area (Å²) in [7, 11) is 0. The molecule has 0 atom stereocenters. The Morgan fingerprint density at radius 1 is 0.500 bits per heavy atom. The molecule has 0 aliphatic heterocycles. The molecule has 5 aromatic heterocycles. The fourth-order valence-electron chi connectivity index (χ4n) is 5.55. The molecule has 0 aliphatic rings. The van der Waals surface area contributed by atoms with Crippen LogP contribution in [0.3, 0.4) is 0 Å². The highest BCUT2D eigenvalue weighted by Gasteiger charge is 2.18. The van der Waals surface area contributed by atoms with Crippen LogP contribution in [0.5, 0.6) is 0 Å². The van der Waals surface area contributed by atoms with Gasteiger partial charge in [-0.25, -0.2) is 0 Å². The second-order valence-electron chi connectivity index (χ2n) is 8.38. The molecule has 4 nitrogen and oxygen atoms in total. The molecule has 0 saturated carbocycles. The van der Waals surface area contributed by atoms with Gasteiger partial charge in [0, 0.05) is 62.8 Å². The molecule has 3 aromatic carbocycles. The largest absolute Gasteiger partial charge is 0.309 e. The summed E-state index contributed by atoms with van der Waals surface area (Å²) in [6.07, 6.45) is 7.58. The quantitative estimate of drug-likeness (QED) is 0.302. The Morgan fingerprint density at radius 3 is 1.94 bits per heavy atom. The lowest BCUT2D eigenvalue weighted by Gasteiger charge is -2.08. The van der Waals surface area contributed by atoms with Crippen molar-refractivity contribution in [1.29, 1.82) is 0 Å². The zero-order valence-corrected chi connectivity index (χ0v) is 17.0. The van der Waals surface area contributed by atoms with Gasteiger partial charge in [0.15, 0.2) is 0 Å². The molecule has 8 rings (SSSR count). The Hall–Kier alpha value is -4.44. The van der Waals surface area contributed by atoms with Gasteiger partial charge in [0.1, 0.15) is 0 Å². The van der Waals surface area contributed by atoms with E-state index in [0.29, 0.717) is 0 Å². The first-order valence-corrected chi connectivity index (χ1v) is 10.8. The van der Waals surface area contributed by atoms with Gasteiger partial charge in [-0.3, -0.25) is 9.97 Å². The van der Waals surface area contributed by atoms with Crippen LogP contribution in [0.25, 0.3) is 65.6 Å². The van der Waals surface area contributed by atoms with Crippen molar-refractivity contribution in [3.8, 4) is 5.69 Å². The second-order valence-corrected chi connectivity index (χ2v) is 8.38. The molecule has 4 heteroatoms. The number of para-hydroxylation sites is 2. The normalized spacial score (nSPS) is 12.4. The molecule has 0 amide bonds. The second kappa shape index (κ2) is 5.62. The summed E-state index contributed by atoms with van der Waals surface area (Å²) < 4.78 is 4.74. The summed E-state index contributed by atoms with van der Waals surface area (Å²) in [5, 5.41) is 7.42. The Balaban J connectivity index is 1.54. The number of hydrogen-bond acceptors (Lipinski definition) is 2. The van der Waals surface area contributed by atoms with E-state index in [4.69, 9.17) is 0 Å². The van der Waals surface area contributed by atoms with Crippen molar-refractivity contribution in [3.63, 3.8) is 0 Å². The van der Waals surface area contributed by atoms with Gasteiger partial charge in [-0.05, 0) is 36.4 Å². The molecule has 0 spiro atoms. The van der Waals surface area contributed by atoms with Crippen molar-refractivity contribution in [2.75, 3.05) is 0 Å². The molecule has 0 aliphatic carbocycles. The molecule has 0 N–H and O–H groups in total. The van der Waals surface area contributed by atoms with Crippen LogP contribution in [0.15, 0.2) is 97.6 Å². The van der Waals surface area contributed by atoms with Crippen LogP contribution in [-0.4, -0.2) is 18.9 Å². The minimum atomic E-state index is 1.12. The highest BCUT2D eigenvalue weighted by Crippen LogP contribution is 2.40. The predicted octanol–water partition coefficient (Wildman–Crippen LogP) is 6.72. The highest BCUT2D eigenvalue weighted by atomic mass is 15.0. The molecule has 5 heterocycles. The van der Waals surface area contributed by atoms with Crippen molar-refractivity contribution in [2.45, 2.75) is 0 Å². The third kappa shape index (κ3) is 1.84.